The number of benzene rings is 1. The highest BCUT2D eigenvalue weighted by atomic mass is 16.2. The molecule has 0 atom stereocenters. The predicted molar refractivity (Wildman–Crippen MR) is 82.9 cm³/mol. The van der Waals surface area contributed by atoms with Crippen LogP contribution in [0.1, 0.15) is 25.7 Å². The molecule has 1 aromatic rings. The number of para-hydroxylation sites is 1. The van der Waals surface area contributed by atoms with Crippen LogP contribution >= 0.6 is 0 Å². The minimum atomic E-state index is -0.198. The topological polar surface area (TPSA) is 70.2 Å². The summed E-state index contributed by atoms with van der Waals surface area (Å²) < 4.78 is 0. The lowest BCUT2D eigenvalue weighted by Gasteiger charge is -2.22. The van der Waals surface area contributed by atoms with Crippen molar-refractivity contribution in [2.24, 2.45) is 5.92 Å². The van der Waals surface area contributed by atoms with Crippen LogP contribution in [0.25, 0.3) is 0 Å². The molecule has 0 aliphatic carbocycles. The largest absolute Gasteiger partial charge is 0.347 e. The minimum absolute atomic E-state index is 0.0277. The lowest BCUT2D eigenvalue weighted by molar-refractivity contribution is -0.124. The number of hydrogen-bond donors (Lipinski definition) is 3. The van der Waals surface area contributed by atoms with Crippen LogP contribution in [0.3, 0.4) is 0 Å². The van der Waals surface area contributed by atoms with E-state index < -0.39 is 0 Å². The van der Waals surface area contributed by atoms with Crippen LogP contribution in [0.2, 0.25) is 0 Å². The lowest BCUT2D eigenvalue weighted by atomic mass is 9.93. The normalized spacial score (nSPS) is 15.4. The third-order valence-electron chi connectivity index (χ3n) is 3.74. The average Bonchev–Trinajstić information content (AvgIpc) is 2.53. The van der Waals surface area contributed by atoms with Gasteiger partial charge in [0, 0.05) is 12.1 Å². The highest BCUT2D eigenvalue weighted by Crippen LogP contribution is 2.17. The second-order valence-electron chi connectivity index (χ2n) is 5.42. The standard InChI is InChI=1S/C16H23N3O2/c20-15(7-6-13-8-10-17-11-9-13)18-12-16(21)19-14-4-2-1-3-5-14/h1-5,13,17H,6-12H2,(H,18,20)(H,19,21). The van der Waals surface area contributed by atoms with Crippen molar-refractivity contribution in [2.45, 2.75) is 25.7 Å². The smallest absolute Gasteiger partial charge is 0.243 e. The van der Waals surface area contributed by atoms with E-state index in [-0.39, 0.29) is 18.4 Å². The fourth-order valence-corrected chi connectivity index (χ4v) is 2.50. The molecule has 1 aliphatic heterocycles. The molecule has 0 spiro atoms. The van der Waals surface area contributed by atoms with Crippen molar-refractivity contribution in [3.05, 3.63) is 30.3 Å². The average molecular weight is 289 g/mol. The first-order chi connectivity index (χ1) is 10.2. The highest BCUT2D eigenvalue weighted by molar-refractivity contribution is 5.94. The summed E-state index contributed by atoms with van der Waals surface area (Å²) in [5, 5.41) is 8.73. The quantitative estimate of drug-likeness (QED) is 0.743. The first-order valence-corrected chi connectivity index (χ1v) is 7.56. The van der Waals surface area contributed by atoms with E-state index in [0.717, 1.165) is 38.0 Å². The van der Waals surface area contributed by atoms with E-state index >= 15 is 0 Å². The predicted octanol–water partition coefficient (Wildman–Crippen LogP) is 1.52. The van der Waals surface area contributed by atoms with E-state index in [2.05, 4.69) is 16.0 Å². The Labute approximate surface area is 125 Å². The van der Waals surface area contributed by atoms with Crippen LogP contribution in [0.15, 0.2) is 30.3 Å². The van der Waals surface area contributed by atoms with Gasteiger partial charge < -0.3 is 16.0 Å². The van der Waals surface area contributed by atoms with E-state index in [1.54, 1.807) is 0 Å². The highest BCUT2D eigenvalue weighted by Gasteiger charge is 2.14. The van der Waals surface area contributed by atoms with Gasteiger partial charge in [0.15, 0.2) is 0 Å². The second-order valence-corrected chi connectivity index (χ2v) is 5.42. The summed E-state index contributed by atoms with van der Waals surface area (Å²) in [6.45, 7) is 2.12. The summed E-state index contributed by atoms with van der Waals surface area (Å²) in [5.41, 5.74) is 0.742. The molecule has 1 saturated heterocycles. The van der Waals surface area contributed by atoms with Crippen molar-refractivity contribution in [1.29, 1.82) is 0 Å². The Balaban J connectivity index is 1.60. The number of amides is 2. The Kier molecular flexibility index (Phi) is 6.22. The Morgan fingerprint density at radius 3 is 2.52 bits per heavy atom. The number of carbonyl (C=O) groups is 2. The third-order valence-corrected chi connectivity index (χ3v) is 3.74. The minimum Gasteiger partial charge on any atom is -0.347 e. The van der Waals surface area contributed by atoms with E-state index in [9.17, 15) is 9.59 Å². The maximum Gasteiger partial charge on any atom is 0.243 e. The van der Waals surface area contributed by atoms with Crippen LogP contribution in [-0.2, 0) is 9.59 Å². The second kappa shape index (κ2) is 8.42. The summed E-state index contributed by atoms with van der Waals surface area (Å²) in [7, 11) is 0. The molecule has 1 aliphatic rings. The molecule has 0 unspecified atom stereocenters. The summed E-state index contributed by atoms with van der Waals surface area (Å²) in [6, 6.07) is 9.23. The number of anilines is 1. The molecule has 2 rings (SSSR count). The molecule has 114 valence electrons. The summed E-state index contributed by atoms with van der Waals surface area (Å²) >= 11 is 0. The van der Waals surface area contributed by atoms with Crippen LogP contribution in [0, 0.1) is 5.92 Å². The Bertz CT molecular complexity index is 456. The zero-order chi connectivity index (χ0) is 14.9. The van der Waals surface area contributed by atoms with Crippen molar-refractivity contribution in [2.75, 3.05) is 25.0 Å². The Hall–Kier alpha value is -1.88. The van der Waals surface area contributed by atoms with Gasteiger partial charge in [0.2, 0.25) is 11.8 Å². The molecule has 3 N–H and O–H groups in total. The SMILES string of the molecule is O=C(CCC1CCNCC1)NCC(=O)Nc1ccccc1. The number of piperidine rings is 1. The first-order valence-electron chi connectivity index (χ1n) is 7.56. The van der Waals surface area contributed by atoms with Gasteiger partial charge in [-0.2, -0.15) is 0 Å². The van der Waals surface area contributed by atoms with Gasteiger partial charge in [-0.15, -0.1) is 0 Å². The monoisotopic (exact) mass is 289 g/mol. The van der Waals surface area contributed by atoms with Crippen molar-refractivity contribution >= 4 is 17.5 Å². The van der Waals surface area contributed by atoms with Crippen LogP contribution in [0.5, 0.6) is 0 Å². The zero-order valence-electron chi connectivity index (χ0n) is 12.2. The molecular weight excluding hydrogens is 266 g/mol. The molecule has 0 bridgehead atoms. The maximum atomic E-state index is 11.7. The molecular formula is C16H23N3O2. The van der Waals surface area contributed by atoms with Gasteiger partial charge in [-0.1, -0.05) is 18.2 Å². The van der Waals surface area contributed by atoms with Gasteiger partial charge in [-0.25, -0.2) is 0 Å². The van der Waals surface area contributed by atoms with Crippen molar-refractivity contribution in [3.63, 3.8) is 0 Å². The molecule has 0 aromatic heterocycles. The summed E-state index contributed by atoms with van der Waals surface area (Å²) in [4.78, 5) is 23.4. The van der Waals surface area contributed by atoms with E-state index in [1.165, 1.54) is 0 Å². The van der Waals surface area contributed by atoms with Gasteiger partial charge in [0.25, 0.3) is 0 Å². The summed E-state index contributed by atoms with van der Waals surface area (Å²) in [6.07, 6.45) is 3.70. The fraction of sp³-hybridized carbons (Fsp3) is 0.500. The molecule has 0 radical (unpaired) electrons. The summed E-state index contributed by atoms with van der Waals surface area (Å²) in [5.74, 6) is 0.392. The Morgan fingerprint density at radius 2 is 1.81 bits per heavy atom. The first kappa shape index (κ1) is 15.5. The molecule has 5 nitrogen and oxygen atoms in total. The van der Waals surface area contributed by atoms with Crippen LogP contribution in [0.4, 0.5) is 5.69 Å². The molecule has 21 heavy (non-hydrogen) atoms. The fourth-order valence-electron chi connectivity index (χ4n) is 2.50. The van der Waals surface area contributed by atoms with Crippen molar-refractivity contribution < 1.29 is 9.59 Å². The van der Waals surface area contributed by atoms with E-state index in [1.807, 2.05) is 30.3 Å². The molecule has 2 amide bonds. The molecule has 5 heteroatoms. The number of carbonyl (C=O) groups excluding carboxylic acids is 2. The zero-order valence-corrected chi connectivity index (χ0v) is 12.2. The van der Waals surface area contributed by atoms with Gasteiger partial charge in [0.1, 0.15) is 0 Å². The van der Waals surface area contributed by atoms with E-state index in [4.69, 9.17) is 0 Å². The van der Waals surface area contributed by atoms with Crippen LogP contribution < -0.4 is 16.0 Å². The third kappa shape index (κ3) is 5.95. The van der Waals surface area contributed by atoms with Gasteiger partial charge in [-0.05, 0) is 50.4 Å². The molecule has 1 fully saturated rings. The van der Waals surface area contributed by atoms with Crippen molar-refractivity contribution in [1.82, 2.24) is 10.6 Å². The number of hydrogen-bond acceptors (Lipinski definition) is 3. The molecule has 1 aromatic carbocycles. The van der Waals surface area contributed by atoms with Gasteiger partial charge in [-0.3, -0.25) is 9.59 Å². The van der Waals surface area contributed by atoms with Gasteiger partial charge >= 0.3 is 0 Å². The maximum absolute atomic E-state index is 11.7. The van der Waals surface area contributed by atoms with Gasteiger partial charge in [0.05, 0.1) is 6.54 Å². The molecule has 0 saturated carbocycles. The number of nitrogens with one attached hydrogen (secondary N) is 3. The van der Waals surface area contributed by atoms with E-state index in [0.29, 0.717) is 12.3 Å². The Morgan fingerprint density at radius 1 is 1.10 bits per heavy atom. The van der Waals surface area contributed by atoms with Crippen LogP contribution in [-0.4, -0.2) is 31.4 Å². The lowest BCUT2D eigenvalue weighted by Crippen LogP contribution is -2.33. The molecule has 1 heterocycles. The number of rotatable bonds is 6. The van der Waals surface area contributed by atoms with Crippen molar-refractivity contribution in [3.8, 4) is 0 Å².